The Bertz CT molecular complexity index is 754. The van der Waals surface area contributed by atoms with Gasteiger partial charge in [0.25, 0.3) is 0 Å². The molecule has 0 spiro atoms. The number of hydrogen-bond acceptors (Lipinski definition) is 8. The van der Waals surface area contributed by atoms with Crippen LogP contribution >= 0.6 is 38.0 Å². The van der Waals surface area contributed by atoms with Crippen LogP contribution < -0.4 is 0 Å². The fourth-order valence-electron chi connectivity index (χ4n) is 2.49. The maximum Gasteiger partial charge on any atom is 0.339 e. The van der Waals surface area contributed by atoms with E-state index < -0.39 is 95.6 Å². The Kier molecular flexibility index (Phi) is 74.2. The second-order valence-electron chi connectivity index (χ2n) is 6.94. The summed E-state index contributed by atoms with van der Waals surface area (Å²) in [6.07, 6.45) is -5.21. The normalized spacial score (nSPS) is 11.2. The van der Waals surface area contributed by atoms with Crippen molar-refractivity contribution in [1.29, 1.82) is 0 Å². The molecule has 0 heterocycles. The SMILES string of the molecule is O=P(O)(O)CN(CCN(CP(=O)(O)O)CP(=O)(O)O)CCN(CP(=O)(O)O)CP(=O)(O)O.[Na].[Na].[Na].[Na].[Na].[Na].[Na].[Na].[Na].[Na]. The smallest absolute Gasteiger partial charge is 0.324 e. The molecular formula is C9H28N3Na10O15P5. The van der Waals surface area contributed by atoms with E-state index in [1.807, 2.05) is 0 Å². The van der Waals surface area contributed by atoms with Gasteiger partial charge in [-0.1, -0.05) is 0 Å². The van der Waals surface area contributed by atoms with Gasteiger partial charge in [0.15, 0.2) is 0 Å². The topological polar surface area (TPSA) is 297 Å². The zero-order chi connectivity index (χ0) is 25.6. The van der Waals surface area contributed by atoms with E-state index in [2.05, 4.69) is 0 Å². The van der Waals surface area contributed by atoms with E-state index in [1.165, 1.54) is 0 Å². The summed E-state index contributed by atoms with van der Waals surface area (Å²) >= 11 is 0. The van der Waals surface area contributed by atoms with Gasteiger partial charge >= 0.3 is 38.0 Å². The van der Waals surface area contributed by atoms with Gasteiger partial charge in [-0.15, -0.1) is 0 Å². The predicted octanol–water partition coefficient (Wildman–Crippen LogP) is -6.24. The Hall–Kier alpha value is 10.6. The van der Waals surface area contributed by atoms with Gasteiger partial charge in [0.1, 0.15) is 31.4 Å². The second kappa shape index (κ2) is 38.5. The van der Waals surface area contributed by atoms with Crippen molar-refractivity contribution in [2.45, 2.75) is 0 Å². The minimum Gasteiger partial charge on any atom is -0.324 e. The first kappa shape index (κ1) is 81.0. The van der Waals surface area contributed by atoms with E-state index in [-0.39, 0.29) is 296 Å². The number of hydrogen-bond donors (Lipinski definition) is 10. The Labute approximate surface area is 466 Å². The summed E-state index contributed by atoms with van der Waals surface area (Å²) in [6.45, 7) is -1.78. The van der Waals surface area contributed by atoms with E-state index in [0.717, 1.165) is 4.90 Å². The van der Waals surface area contributed by atoms with E-state index in [1.54, 1.807) is 0 Å². The molecule has 0 aliphatic carbocycles. The first-order valence-electron chi connectivity index (χ1n) is 8.34. The van der Waals surface area contributed by atoms with Crippen molar-refractivity contribution in [1.82, 2.24) is 14.7 Å². The summed E-state index contributed by atoms with van der Waals surface area (Å²) < 4.78 is 56.1. The molecule has 42 heavy (non-hydrogen) atoms. The van der Waals surface area contributed by atoms with Crippen molar-refractivity contribution in [2.24, 2.45) is 0 Å². The Morgan fingerprint density at radius 1 is 0.286 bits per heavy atom. The van der Waals surface area contributed by atoms with Gasteiger partial charge in [-0.2, -0.15) is 0 Å². The van der Waals surface area contributed by atoms with Gasteiger partial charge in [-0.05, 0) is 0 Å². The average Bonchev–Trinajstić information content (AvgIpc) is 2.41. The van der Waals surface area contributed by atoms with Crippen LogP contribution in [-0.2, 0) is 22.8 Å². The van der Waals surface area contributed by atoms with Crippen molar-refractivity contribution in [2.75, 3.05) is 57.6 Å². The monoisotopic (exact) mass is 803 g/mol. The standard InChI is InChI=1S/C9H28N3O15P5.10Na/c13-28(14,15)5-10(1-3-11(6-29(16,17)18)7-30(19,20)21)2-4-12(8-31(22,23)24)9-32(25,26)27;;;;;;;;;;/h1-9H2,(H2,13,14,15)(H2,16,17,18)(H2,19,20,21)(H2,22,23,24)(H2,25,26,27);;;;;;;;;;. The first-order chi connectivity index (χ1) is 13.9. The maximum atomic E-state index is 11.4. The average molecular weight is 803 g/mol. The van der Waals surface area contributed by atoms with Crippen LogP contribution in [0.2, 0.25) is 0 Å². The molecule has 0 unspecified atom stereocenters. The molecule has 18 nitrogen and oxygen atoms in total. The minimum absolute atomic E-state index is 0. The molecule has 204 valence electrons. The van der Waals surface area contributed by atoms with Gasteiger partial charge < -0.3 is 48.9 Å². The van der Waals surface area contributed by atoms with E-state index in [9.17, 15) is 32.6 Å². The minimum atomic E-state index is -4.76. The van der Waals surface area contributed by atoms with Gasteiger partial charge in [0, 0.05) is 322 Å². The van der Waals surface area contributed by atoms with Crippen molar-refractivity contribution in [3.8, 4) is 0 Å². The largest absolute Gasteiger partial charge is 0.339 e. The van der Waals surface area contributed by atoms with Crippen molar-refractivity contribution < 1.29 is 71.8 Å². The quantitative estimate of drug-likeness (QED) is 0.0513. The first-order valence-corrected chi connectivity index (χ1v) is 17.3. The van der Waals surface area contributed by atoms with Gasteiger partial charge in [0.05, 0.1) is 0 Å². The van der Waals surface area contributed by atoms with Crippen LogP contribution in [0.5, 0.6) is 0 Å². The van der Waals surface area contributed by atoms with E-state index >= 15 is 0 Å². The van der Waals surface area contributed by atoms with Crippen molar-refractivity contribution >= 4 is 334 Å². The Morgan fingerprint density at radius 3 is 0.548 bits per heavy atom. The summed E-state index contributed by atoms with van der Waals surface area (Å²) in [5.74, 6) is 0. The van der Waals surface area contributed by atoms with Crippen LogP contribution in [0.25, 0.3) is 0 Å². The third-order valence-electron chi connectivity index (χ3n) is 3.39. The predicted molar refractivity (Wildman–Crippen MR) is 167 cm³/mol. The summed E-state index contributed by atoms with van der Waals surface area (Å²) in [4.78, 5) is 93.2. The summed E-state index contributed by atoms with van der Waals surface area (Å²) in [7, 11) is -23.8. The molecule has 10 N–H and O–H groups in total. The third-order valence-corrected chi connectivity index (χ3v) is 7.23. The summed E-state index contributed by atoms with van der Waals surface area (Å²) in [5.41, 5.74) is 0. The summed E-state index contributed by atoms with van der Waals surface area (Å²) in [5, 5.41) is 0. The number of nitrogens with zero attached hydrogens (tertiary/aromatic N) is 3. The number of rotatable bonds is 16. The molecule has 0 aromatic carbocycles. The Balaban J connectivity index is -0.000000107. The van der Waals surface area contributed by atoms with Crippen molar-refractivity contribution in [3.63, 3.8) is 0 Å². The molecule has 0 saturated heterocycles. The van der Waals surface area contributed by atoms with E-state index in [4.69, 9.17) is 39.1 Å². The zero-order valence-corrected chi connectivity index (χ0v) is 50.9. The second-order valence-corrected chi connectivity index (χ2v) is 15.0. The molecule has 0 aliphatic heterocycles. The molecule has 0 amide bonds. The van der Waals surface area contributed by atoms with Gasteiger partial charge in [0.2, 0.25) is 0 Å². The third kappa shape index (κ3) is 59.9. The van der Waals surface area contributed by atoms with Crippen molar-refractivity contribution in [3.05, 3.63) is 0 Å². The fraction of sp³-hybridized carbons (Fsp3) is 1.00. The van der Waals surface area contributed by atoms with Crippen LogP contribution in [0.3, 0.4) is 0 Å². The maximum absolute atomic E-state index is 11.4. The van der Waals surface area contributed by atoms with Crippen LogP contribution in [0.1, 0.15) is 0 Å². The molecule has 0 bridgehead atoms. The van der Waals surface area contributed by atoms with Crippen LogP contribution in [0.4, 0.5) is 0 Å². The molecule has 0 saturated carbocycles. The van der Waals surface area contributed by atoms with E-state index in [0.29, 0.717) is 9.80 Å². The fourth-order valence-corrected chi connectivity index (χ4v) is 6.66. The van der Waals surface area contributed by atoms with Gasteiger partial charge in [-0.3, -0.25) is 37.5 Å². The molecule has 0 fully saturated rings. The Morgan fingerprint density at radius 2 is 0.405 bits per heavy atom. The molecular weight excluding hydrogens is 775 g/mol. The molecule has 0 aromatic rings. The molecule has 33 heteroatoms. The molecule has 0 atom stereocenters. The molecule has 10 radical (unpaired) electrons. The molecule has 0 rings (SSSR count). The van der Waals surface area contributed by atoms with Crippen LogP contribution in [0.15, 0.2) is 0 Å². The zero-order valence-electron chi connectivity index (χ0n) is 26.5. The van der Waals surface area contributed by atoms with Gasteiger partial charge in [-0.25, -0.2) is 0 Å². The van der Waals surface area contributed by atoms with Crippen LogP contribution in [0, 0.1) is 0 Å². The van der Waals surface area contributed by atoms with Crippen LogP contribution in [-0.4, -0.2) is 417 Å². The summed E-state index contributed by atoms with van der Waals surface area (Å²) in [6, 6.07) is 0. The molecule has 0 aromatic heterocycles. The molecule has 0 aliphatic rings.